The van der Waals surface area contributed by atoms with Crippen molar-refractivity contribution in [2.24, 2.45) is 11.8 Å². The number of nitrogens with zero attached hydrogens (tertiary/aromatic N) is 2. The van der Waals surface area contributed by atoms with Crippen LogP contribution in [-0.4, -0.2) is 35.1 Å². The van der Waals surface area contributed by atoms with E-state index in [-0.39, 0.29) is 0 Å². The zero-order valence-corrected chi connectivity index (χ0v) is 12.8. The summed E-state index contributed by atoms with van der Waals surface area (Å²) in [6.45, 7) is 8.14. The van der Waals surface area contributed by atoms with Gasteiger partial charge in [0.2, 0.25) is 0 Å². The van der Waals surface area contributed by atoms with Crippen LogP contribution in [0.3, 0.4) is 0 Å². The minimum Gasteiger partial charge on any atom is -0.311 e. The molecule has 1 N–H and O–H groups in total. The van der Waals surface area contributed by atoms with Crippen molar-refractivity contribution in [1.29, 1.82) is 0 Å². The average molecular weight is 279 g/mol. The van der Waals surface area contributed by atoms with Gasteiger partial charge in [-0.15, -0.1) is 11.3 Å². The van der Waals surface area contributed by atoms with E-state index in [4.69, 9.17) is 0 Å². The molecule has 3 rings (SSSR count). The Morgan fingerprint density at radius 1 is 1.47 bits per heavy atom. The molecule has 3 nitrogen and oxygen atoms in total. The Bertz CT molecular complexity index is 386. The van der Waals surface area contributed by atoms with Gasteiger partial charge in [-0.2, -0.15) is 0 Å². The molecular weight excluding hydrogens is 254 g/mol. The Balaban J connectivity index is 1.65. The van der Waals surface area contributed by atoms with Gasteiger partial charge in [-0.25, -0.2) is 0 Å². The molecule has 0 amide bonds. The lowest BCUT2D eigenvalue weighted by atomic mass is 9.97. The lowest BCUT2D eigenvalue weighted by molar-refractivity contribution is 0.101. The quantitative estimate of drug-likeness (QED) is 0.898. The summed E-state index contributed by atoms with van der Waals surface area (Å²) in [5, 5.41) is 3.79. The smallest absolute Gasteiger partial charge is 0.0794 e. The number of rotatable bonds is 5. The molecule has 4 heteroatoms. The normalized spacial score (nSPS) is 29.0. The van der Waals surface area contributed by atoms with Crippen LogP contribution in [-0.2, 0) is 6.54 Å². The summed E-state index contributed by atoms with van der Waals surface area (Å²) >= 11 is 1.79. The van der Waals surface area contributed by atoms with Crippen LogP contribution in [0.4, 0.5) is 0 Å². The minimum absolute atomic E-state index is 0.692. The van der Waals surface area contributed by atoms with Gasteiger partial charge in [-0.1, -0.05) is 13.8 Å². The maximum absolute atomic E-state index is 4.22. The zero-order chi connectivity index (χ0) is 13.2. The Morgan fingerprint density at radius 2 is 2.32 bits per heavy atom. The molecule has 1 aromatic rings. The fourth-order valence-corrected chi connectivity index (χ4v) is 3.81. The molecule has 0 aromatic carbocycles. The van der Waals surface area contributed by atoms with E-state index in [1.54, 1.807) is 11.3 Å². The molecule has 1 aromatic heterocycles. The Kier molecular flexibility index (Phi) is 4.20. The summed E-state index contributed by atoms with van der Waals surface area (Å²) in [6, 6.07) is 1.42. The largest absolute Gasteiger partial charge is 0.311 e. The topological polar surface area (TPSA) is 28.2 Å². The highest BCUT2D eigenvalue weighted by Crippen LogP contribution is 2.35. The van der Waals surface area contributed by atoms with Gasteiger partial charge in [-0.3, -0.25) is 9.88 Å². The molecule has 2 fully saturated rings. The maximum Gasteiger partial charge on any atom is 0.0794 e. The number of hydrogen-bond donors (Lipinski definition) is 1. The van der Waals surface area contributed by atoms with Gasteiger partial charge in [-0.05, 0) is 31.1 Å². The van der Waals surface area contributed by atoms with Crippen molar-refractivity contribution in [3.8, 4) is 0 Å². The molecule has 1 aliphatic heterocycles. The first-order valence-corrected chi connectivity index (χ1v) is 8.45. The first-order valence-electron chi connectivity index (χ1n) is 7.57. The van der Waals surface area contributed by atoms with Crippen LogP contribution in [0.5, 0.6) is 0 Å². The van der Waals surface area contributed by atoms with Gasteiger partial charge < -0.3 is 5.32 Å². The molecule has 1 saturated carbocycles. The third kappa shape index (κ3) is 3.56. The fraction of sp³-hybridized carbons (Fsp3) is 0.800. The van der Waals surface area contributed by atoms with Gasteiger partial charge in [0.25, 0.3) is 0 Å². The first kappa shape index (κ1) is 13.5. The highest BCUT2D eigenvalue weighted by Gasteiger charge is 2.37. The second-order valence-electron chi connectivity index (χ2n) is 6.53. The van der Waals surface area contributed by atoms with E-state index in [0.717, 1.165) is 31.0 Å². The fourth-order valence-electron chi connectivity index (χ4n) is 3.19. The van der Waals surface area contributed by atoms with Crippen LogP contribution in [0.15, 0.2) is 11.7 Å². The molecule has 106 valence electrons. The van der Waals surface area contributed by atoms with Gasteiger partial charge in [0.15, 0.2) is 0 Å². The summed E-state index contributed by atoms with van der Waals surface area (Å²) < 4.78 is 0. The first-order chi connectivity index (χ1) is 9.22. The molecule has 0 spiro atoms. The van der Waals surface area contributed by atoms with Crippen LogP contribution < -0.4 is 5.32 Å². The summed E-state index contributed by atoms with van der Waals surface area (Å²) in [7, 11) is 0. The number of aromatic nitrogens is 1. The van der Waals surface area contributed by atoms with Crippen LogP contribution in [0.1, 0.15) is 38.0 Å². The zero-order valence-electron chi connectivity index (χ0n) is 12.0. The predicted molar refractivity (Wildman–Crippen MR) is 80.3 cm³/mol. The van der Waals surface area contributed by atoms with Crippen molar-refractivity contribution >= 4 is 11.3 Å². The minimum atomic E-state index is 0.692. The van der Waals surface area contributed by atoms with Crippen molar-refractivity contribution in [2.75, 3.05) is 13.1 Å². The number of nitrogens with one attached hydrogen (secondary N) is 1. The standard InChI is InChI=1S/C15H25N3S/c1-11(2)5-13-6-17-15(12-3-4-12)9-18(13)8-14-7-16-10-19-14/h7,10-13,15,17H,3-6,8-9H2,1-2H3. The van der Waals surface area contributed by atoms with Crippen LogP contribution in [0, 0.1) is 11.8 Å². The molecule has 1 saturated heterocycles. The van der Waals surface area contributed by atoms with Gasteiger partial charge in [0.05, 0.1) is 5.51 Å². The van der Waals surface area contributed by atoms with E-state index < -0.39 is 0 Å². The van der Waals surface area contributed by atoms with Crippen molar-refractivity contribution in [1.82, 2.24) is 15.2 Å². The summed E-state index contributed by atoms with van der Waals surface area (Å²) in [6.07, 6.45) is 6.19. The Morgan fingerprint density at radius 3 is 2.95 bits per heavy atom. The summed E-state index contributed by atoms with van der Waals surface area (Å²) in [4.78, 5) is 8.33. The second-order valence-corrected chi connectivity index (χ2v) is 7.50. The lowest BCUT2D eigenvalue weighted by Crippen LogP contribution is -2.57. The Labute approximate surface area is 120 Å². The van der Waals surface area contributed by atoms with E-state index in [1.807, 2.05) is 11.7 Å². The predicted octanol–water partition coefficient (Wildman–Crippen LogP) is 2.74. The van der Waals surface area contributed by atoms with E-state index in [9.17, 15) is 0 Å². The molecule has 2 unspecified atom stereocenters. The second kappa shape index (κ2) is 5.90. The summed E-state index contributed by atoms with van der Waals surface area (Å²) in [5.74, 6) is 1.72. The SMILES string of the molecule is CC(C)CC1CNC(C2CC2)CN1Cc1cncs1. The molecule has 0 bridgehead atoms. The Hall–Kier alpha value is -0.450. The van der Waals surface area contributed by atoms with Gasteiger partial charge in [0, 0.05) is 42.8 Å². The highest BCUT2D eigenvalue weighted by atomic mass is 32.1. The molecule has 2 heterocycles. The number of piperazine rings is 1. The molecular formula is C15H25N3S. The van der Waals surface area contributed by atoms with Crippen LogP contribution >= 0.6 is 11.3 Å². The van der Waals surface area contributed by atoms with E-state index in [1.165, 1.54) is 30.7 Å². The summed E-state index contributed by atoms with van der Waals surface area (Å²) in [5.41, 5.74) is 1.95. The molecule has 1 aliphatic carbocycles. The van der Waals surface area contributed by atoms with Gasteiger partial charge >= 0.3 is 0 Å². The third-order valence-corrected chi connectivity index (χ3v) is 5.10. The van der Waals surface area contributed by atoms with Crippen molar-refractivity contribution in [2.45, 2.75) is 51.7 Å². The monoisotopic (exact) mass is 279 g/mol. The van der Waals surface area contributed by atoms with Crippen molar-refractivity contribution < 1.29 is 0 Å². The third-order valence-electron chi connectivity index (χ3n) is 4.34. The van der Waals surface area contributed by atoms with Crippen molar-refractivity contribution in [3.05, 3.63) is 16.6 Å². The van der Waals surface area contributed by atoms with E-state index in [0.29, 0.717) is 6.04 Å². The average Bonchev–Trinajstić information content (AvgIpc) is 3.10. The molecule has 2 atom stereocenters. The molecule has 19 heavy (non-hydrogen) atoms. The molecule has 0 radical (unpaired) electrons. The van der Waals surface area contributed by atoms with Crippen molar-refractivity contribution in [3.63, 3.8) is 0 Å². The number of thiazole rings is 1. The van der Waals surface area contributed by atoms with Crippen LogP contribution in [0.25, 0.3) is 0 Å². The van der Waals surface area contributed by atoms with E-state index in [2.05, 4.69) is 29.0 Å². The molecule has 2 aliphatic rings. The lowest BCUT2D eigenvalue weighted by Gasteiger charge is -2.41. The highest BCUT2D eigenvalue weighted by molar-refractivity contribution is 7.09. The number of hydrogen-bond acceptors (Lipinski definition) is 4. The maximum atomic E-state index is 4.22. The van der Waals surface area contributed by atoms with Gasteiger partial charge in [0.1, 0.15) is 0 Å². The van der Waals surface area contributed by atoms with Crippen LogP contribution in [0.2, 0.25) is 0 Å². The van der Waals surface area contributed by atoms with E-state index >= 15 is 0 Å².